The molecule has 0 saturated carbocycles. The number of sulfonamides is 1. The summed E-state index contributed by atoms with van der Waals surface area (Å²) in [7, 11) is -3.80. The third-order valence-electron chi connectivity index (χ3n) is 5.21. The molecule has 33 heavy (non-hydrogen) atoms. The van der Waals surface area contributed by atoms with Crippen molar-refractivity contribution < 1.29 is 22.4 Å². The Morgan fingerprint density at radius 3 is 2.30 bits per heavy atom. The zero-order valence-electron chi connectivity index (χ0n) is 19.1. The summed E-state index contributed by atoms with van der Waals surface area (Å²) in [6.07, 6.45) is 1.74. The Kier molecular flexibility index (Phi) is 9.42. The van der Waals surface area contributed by atoms with Crippen molar-refractivity contribution in [3.63, 3.8) is 0 Å². The zero-order valence-corrected chi connectivity index (χ0v) is 21.5. The molecule has 2 aromatic rings. The van der Waals surface area contributed by atoms with Crippen molar-refractivity contribution >= 4 is 43.5 Å². The van der Waals surface area contributed by atoms with E-state index in [1.807, 2.05) is 13.8 Å². The van der Waals surface area contributed by atoms with Crippen LogP contribution in [0.15, 0.2) is 53.0 Å². The van der Waals surface area contributed by atoms with Crippen molar-refractivity contribution in [1.82, 2.24) is 10.2 Å². The van der Waals surface area contributed by atoms with E-state index in [-0.39, 0.29) is 18.5 Å². The summed E-state index contributed by atoms with van der Waals surface area (Å²) in [5.41, 5.74) is 0.931. The van der Waals surface area contributed by atoms with Crippen LogP contribution in [0.2, 0.25) is 0 Å². The molecule has 0 heterocycles. The van der Waals surface area contributed by atoms with E-state index in [4.69, 9.17) is 0 Å². The average molecular weight is 542 g/mol. The van der Waals surface area contributed by atoms with Gasteiger partial charge in [0, 0.05) is 17.1 Å². The Labute approximate surface area is 203 Å². The second-order valence-electron chi connectivity index (χ2n) is 7.89. The molecule has 0 unspecified atom stereocenters. The number of nitrogens with zero attached hydrogens (tertiary/aromatic N) is 2. The van der Waals surface area contributed by atoms with E-state index in [0.717, 1.165) is 17.0 Å². The summed E-state index contributed by atoms with van der Waals surface area (Å²) in [5.74, 6) is -1.33. The number of nitrogens with one attached hydrogen (secondary N) is 1. The molecule has 2 aromatic carbocycles. The molecule has 10 heteroatoms. The van der Waals surface area contributed by atoms with Crippen LogP contribution < -0.4 is 9.62 Å². The van der Waals surface area contributed by atoms with E-state index in [0.29, 0.717) is 15.7 Å². The Morgan fingerprint density at radius 1 is 1.12 bits per heavy atom. The van der Waals surface area contributed by atoms with E-state index in [1.54, 1.807) is 31.2 Å². The Balaban J connectivity index is 2.37. The maximum absolute atomic E-state index is 13.4. The van der Waals surface area contributed by atoms with Gasteiger partial charge in [0.1, 0.15) is 18.4 Å². The summed E-state index contributed by atoms with van der Waals surface area (Å²) in [6, 6.07) is 11.2. The maximum atomic E-state index is 13.4. The molecule has 2 amide bonds. The lowest BCUT2D eigenvalue weighted by molar-refractivity contribution is -0.139. The minimum absolute atomic E-state index is 0.0181. The molecule has 0 aliphatic rings. The van der Waals surface area contributed by atoms with E-state index < -0.39 is 34.3 Å². The average Bonchev–Trinajstić information content (AvgIpc) is 2.75. The van der Waals surface area contributed by atoms with E-state index in [1.165, 1.54) is 29.2 Å². The maximum Gasteiger partial charge on any atom is 0.244 e. The highest BCUT2D eigenvalue weighted by atomic mass is 79.9. The van der Waals surface area contributed by atoms with Crippen LogP contribution >= 0.6 is 15.9 Å². The highest BCUT2D eigenvalue weighted by molar-refractivity contribution is 9.10. The predicted octanol–water partition coefficient (Wildman–Crippen LogP) is 3.69. The van der Waals surface area contributed by atoms with Crippen LogP contribution in [0.25, 0.3) is 0 Å². The smallest absolute Gasteiger partial charge is 0.244 e. The van der Waals surface area contributed by atoms with Crippen LogP contribution in [-0.4, -0.2) is 50.0 Å². The van der Waals surface area contributed by atoms with Crippen molar-refractivity contribution in [3.05, 3.63) is 64.4 Å². The lowest BCUT2D eigenvalue weighted by atomic mass is 10.1. The largest absolute Gasteiger partial charge is 0.352 e. The number of amides is 2. The molecule has 0 fully saturated rings. The van der Waals surface area contributed by atoms with Crippen molar-refractivity contribution in [2.45, 2.75) is 45.8 Å². The second-order valence-corrected chi connectivity index (χ2v) is 10.7. The molecular formula is C23H29BrFN3O4S. The lowest BCUT2D eigenvalue weighted by Gasteiger charge is -2.32. The SMILES string of the molecule is CC[C@@H](C)NC(=O)[C@@H](C)N(Cc1ccc(F)cc1)C(=O)CN(c1cccc(Br)c1)S(C)(=O)=O. The minimum atomic E-state index is -3.80. The van der Waals surface area contributed by atoms with Crippen LogP contribution in [0, 0.1) is 5.82 Å². The van der Waals surface area contributed by atoms with Crippen molar-refractivity contribution in [1.29, 1.82) is 0 Å². The second kappa shape index (κ2) is 11.6. The van der Waals surface area contributed by atoms with Gasteiger partial charge in [-0.25, -0.2) is 12.8 Å². The number of hydrogen-bond acceptors (Lipinski definition) is 4. The van der Waals surface area contributed by atoms with Gasteiger partial charge in [-0.15, -0.1) is 0 Å². The first-order valence-corrected chi connectivity index (χ1v) is 13.1. The Morgan fingerprint density at radius 2 is 1.76 bits per heavy atom. The molecule has 1 N–H and O–H groups in total. The summed E-state index contributed by atoms with van der Waals surface area (Å²) >= 11 is 3.31. The first kappa shape index (κ1) is 26.8. The number of hydrogen-bond donors (Lipinski definition) is 1. The number of anilines is 1. The molecule has 0 aliphatic carbocycles. The van der Waals surface area contributed by atoms with Crippen LogP contribution in [0.1, 0.15) is 32.8 Å². The van der Waals surface area contributed by atoms with Crippen molar-refractivity contribution in [2.24, 2.45) is 0 Å². The molecule has 180 valence electrons. The first-order chi connectivity index (χ1) is 15.4. The standard InChI is InChI=1S/C23H29BrFN3O4S/c1-5-16(2)26-23(30)17(3)27(14-18-9-11-20(25)12-10-18)22(29)15-28(33(4,31)32)21-8-6-7-19(24)13-21/h6-13,16-17H,5,14-15H2,1-4H3,(H,26,30)/t16-,17-/m1/s1. The molecule has 0 radical (unpaired) electrons. The number of rotatable bonds is 10. The van der Waals surface area contributed by atoms with Gasteiger partial charge in [0.25, 0.3) is 0 Å². The zero-order chi connectivity index (χ0) is 24.8. The number of halogens is 2. The Bertz CT molecular complexity index is 1080. The van der Waals surface area contributed by atoms with Gasteiger partial charge in [-0.2, -0.15) is 0 Å². The normalized spacial score (nSPS) is 13.2. The molecule has 0 spiro atoms. The van der Waals surface area contributed by atoms with Crippen LogP contribution in [-0.2, 0) is 26.2 Å². The van der Waals surface area contributed by atoms with Gasteiger partial charge in [0.15, 0.2) is 0 Å². The number of carbonyl (C=O) groups excluding carboxylic acids is 2. The lowest BCUT2D eigenvalue weighted by Crippen LogP contribution is -2.52. The molecule has 7 nitrogen and oxygen atoms in total. The number of benzene rings is 2. The third-order valence-corrected chi connectivity index (χ3v) is 6.84. The Hall–Kier alpha value is -2.46. The van der Waals surface area contributed by atoms with E-state index in [9.17, 15) is 22.4 Å². The fourth-order valence-corrected chi connectivity index (χ4v) is 4.31. The third kappa shape index (κ3) is 7.82. The monoisotopic (exact) mass is 541 g/mol. The van der Waals surface area contributed by atoms with Crippen molar-refractivity contribution in [2.75, 3.05) is 17.1 Å². The topological polar surface area (TPSA) is 86.8 Å². The summed E-state index contributed by atoms with van der Waals surface area (Å²) in [4.78, 5) is 27.5. The van der Waals surface area contributed by atoms with Crippen LogP contribution in [0.4, 0.5) is 10.1 Å². The molecule has 2 atom stereocenters. The van der Waals surface area contributed by atoms with Crippen molar-refractivity contribution in [3.8, 4) is 0 Å². The van der Waals surface area contributed by atoms with Gasteiger partial charge in [-0.1, -0.05) is 41.1 Å². The summed E-state index contributed by atoms with van der Waals surface area (Å²) in [6.45, 7) is 4.90. The van der Waals surface area contributed by atoms with E-state index in [2.05, 4.69) is 21.2 Å². The highest BCUT2D eigenvalue weighted by Gasteiger charge is 2.30. The van der Waals surface area contributed by atoms with Gasteiger partial charge < -0.3 is 10.2 Å². The molecule has 0 saturated heterocycles. The molecular weight excluding hydrogens is 513 g/mol. The van der Waals surface area contributed by atoms with Gasteiger partial charge in [-0.05, 0) is 56.2 Å². The van der Waals surface area contributed by atoms with Gasteiger partial charge in [0.2, 0.25) is 21.8 Å². The minimum Gasteiger partial charge on any atom is -0.352 e. The quantitative estimate of drug-likeness (QED) is 0.497. The van der Waals surface area contributed by atoms with Crippen LogP contribution in [0.3, 0.4) is 0 Å². The fourth-order valence-electron chi connectivity index (χ4n) is 3.08. The van der Waals surface area contributed by atoms with Crippen LogP contribution in [0.5, 0.6) is 0 Å². The molecule has 0 aliphatic heterocycles. The molecule has 2 rings (SSSR count). The fraction of sp³-hybridized carbons (Fsp3) is 0.391. The highest BCUT2D eigenvalue weighted by Crippen LogP contribution is 2.23. The predicted molar refractivity (Wildman–Crippen MR) is 131 cm³/mol. The van der Waals surface area contributed by atoms with Gasteiger partial charge in [-0.3, -0.25) is 13.9 Å². The van der Waals surface area contributed by atoms with E-state index >= 15 is 0 Å². The molecule has 0 bridgehead atoms. The van der Waals surface area contributed by atoms with Gasteiger partial charge in [0.05, 0.1) is 11.9 Å². The summed E-state index contributed by atoms with van der Waals surface area (Å²) in [5, 5.41) is 2.85. The molecule has 0 aromatic heterocycles. The summed E-state index contributed by atoms with van der Waals surface area (Å²) < 4.78 is 40.0. The number of carbonyl (C=O) groups is 2. The first-order valence-electron chi connectivity index (χ1n) is 10.5. The van der Waals surface area contributed by atoms with Gasteiger partial charge >= 0.3 is 0 Å².